The molecule has 0 amide bonds. The molecule has 0 spiro atoms. The van der Waals surface area contributed by atoms with Crippen LogP contribution in [0, 0.1) is 11.7 Å². The minimum atomic E-state index is -3.74. The lowest BCUT2D eigenvalue weighted by Crippen LogP contribution is -2.29. The summed E-state index contributed by atoms with van der Waals surface area (Å²) in [6.07, 6.45) is 1.77. The number of hydrogen-bond donors (Lipinski definition) is 2. The molecule has 1 rings (SSSR count). The molecule has 0 unspecified atom stereocenters. The van der Waals surface area contributed by atoms with E-state index in [1.54, 1.807) is 0 Å². The van der Waals surface area contributed by atoms with Gasteiger partial charge < -0.3 is 5.73 Å². The summed E-state index contributed by atoms with van der Waals surface area (Å²) in [6, 6.07) is 3.76. The van der Waals surface area contributed by atoms with E-state index in [-0.39, 0.29) is 16.5 Å². The number of rotatable bonds is 6. The Hall–Kier alpha value is -1.14. The summed E-state index contributed by atoms with van der Waals surface area (Å²) in [5, 5.41) is 0. The van der Waals surface area contributed by atoms with Crippen LogP contribution in [-0.2, 0) is 10.0 Å². The van der Waals surface area contributed by atoms with Crippen LogP contribution >= 0.6 is 0 Å². The molecule has 0 saturated heterocycles. The number of anilines is 1. The van der Waals surface area contributed by atoms with Crippen LogP contribution in [-0.4, -0.2) is 15.0 Å². The van der Waals surface area contributed by atoms with Gasteiger partial charge in [-0.15, -0.1) is 0 Å². The third-order valence-electron chi connectivity index (χ3n) is 3.02. The lowest BCUT2D eigenvalue weighted by molar-refractivity contribution is 0.479. The van der Waals surface area contributed by atoms with Crippen LogP contribution in [0.4, 0.5) is 10.1 Å². The van der Waals surface area contributed by atoms with E-state index in [1.165, 1.54) is 12.1 Å². The zero-order valence-corrected chi connectivity index (χ0v) is 11.4. The van der Waals surface area contributed by atoms with E-state index >= 15 is 0 Å². The fourth-order valence-electron chi connectivity index (χ4n) is 1.63. The molecule has 0 aliphatic carbocycles. The molecule has 0 aliphatic rings. The Morgan fingerprint density at radius 2 is 1.94 bits per heavy atom. The average Bonchev–Trinajstić information content (AvgIpc) is 2.33. The fraction of sp³-hybridized carbons (Fsp3) is 0.500. The Labute approximate surface area is 107 Å². The predicted molar refractivity (Wildman–Crippen MR) is 70.1 cm³/mol. The van der Waals surface area contributed by atoms with Gasteiger partial charge in [0.2, 0.25) is 10.0 Å². The maximum atomic E-state index is 13.2. The molecular weight excluding hydrogens is 255 g/mol. The van der Waals surface area contributed by atoms with Gasteiger partial charge in [0, 0.05) is 6.54 Å². The van der Waals surface area contributed by atoms with E-state index in [9.17, 15) is 12.8 Å². The summed E-state index contributed by atoms with van der Waals surface area (Å²) in [7, 11) is -3.74. The third kappa shape index (κ3) is 3.43. The van der Waals surface area contributed by atoms with Gasteiger partial charge in [0.25, 0.3) is 0 Å². The van der Waals surface area contributed by atoms with Crippen molar-refractivity contribution in [3.05, 3.63) is 24.0 Å². The van der Waals surface area contributed by atoms with E-state index in [2.05, 4.69) is 4.72 Å². The maximum Gasteiger partial charge on any atom is 0.242 e. The van der Waals surface area contributed by atoms with Crippen molar-refractivity contribution in [1.82, 2.24) is 4.72 Å². The molecule has 3 N–H and O–H groups in total. The predicted octanol–water partition coefficient (Wildman–Crippen LogP) is 2.12. The summed E-state index contributed by atoms with van der Waals surface area (Å²) in [5.74, 6) is -0.449. The molecule has 0 aliphatic heterocycles. The standard InChI is InChI=1S/C12H19FN2O2S/c1-3-9(4-2)8-15-18(16,17)11-7-5-6-10(13)12(11)14/h5-7,9,15H,3-4,8,14H2,1-2H3. The highest BCUT2D eigenvalue weighted by Gasteiger charge is 2.20. The summed E-state index contributed by atoms with van der Waals surface area (Å²) < 4.78 is 39.7. The fourth-order valence-corrected chi connectivity index (χ4v) is 2.89. The van der Waals surface area contributed by atoms with Crippen LogP contribution in [0.5, 0.6) is 0 Å². The monoisotopic (exact) mass is 274 g/mol. The lowest BCUT2D eigenvalue weighted by atomic mass is 10.0. The van der Waals surface area contributed by atoms with Crippen molar-refractivity contribution in [1.29, 1.82) is 0 Å². The van der Waals surface area contributed by atoms with Gasteiger partial charge in [-0.1, -0.05) is 32.8 Å². The number of sulfonamides is 1. The Bertz CT molecular complexity index is 499. The molecule has 18 heavy (non-hydrogen) atoms. The molecule has 6 heteroatoms. The Kier molecular flexibility index (Phi) is 5.10. The maximum absolute atomic E-state index is 13.2. The molecular formula is C12H19FN2O2S. The molecule has 102 valence electrons. The number of hydrogen-bond acceptors (Lipinski definition) is 3. The van der Waals surface area contributed by atoms with Gasteiger partial charge in [-0.3, -0.25) is 0 Å². The van der Waals surface area contributed by atoms with Crippen molar-refractivity contribution in [2.75, 3.05) is 12.3 Å². The summed E-state index contributed by atoms with van der Waals surface area (Å²) >= 11 is 0. The van der Waals surface area contributed by atoms with E-state index in [1.807, 2.05) is 13.8 Å². The van der Waals surface area contributed by atoms with Gasteiger partial charge in [-0.2, -0.15) is 0 Å². The van der Waals surface area contributed by atoms with Gasteiger partial charge in [0.1, 0.15) is 10.7 Å². The first-order valence-electron chi connectivity index (χ1n) is 5.96. The van der Waals surface area contributed by atoms with Crippen LogP contribution in [0.3, 0.4) is 0 Å². The van der Waals surface area contributed by atoms with Crippen LogP contribution in [0.2, 0.25) is 0 Å². The van der Waals surface area contributed by atoms with Crippen molar-refractivity contribution < 1.29 is 12.8 Å². The summed E-state index contributed by atoms with van der Waals surface area (Å²) in [6.45, 7) is 4.34. The second kappa shape index (κ2) is 6.15. The molecule has 4 nitrogen and oxygen atoms in total. The summed E-state index contributed by atoms with van der Waals surface area (Å²) in [4.78, 5) is -0.201. The van der Waals surface area contributed by atoms with E-state index < -0.39 is 15.8 Å². The molecule has 0 radical (unpaired) electrons. The SMILES string of the molecule is CCC(CC)CNS(=O)(=O)c1cccc(F)c1N. The van der Waals surface area contributed by atoms with Gasteiger partial charge in [0.05, 0.1) is 5.69 Å². The van der Waals surface area contributed by atoms with E-state index in [4.69, 9.17) is 5.73 Å². The van der Waals surface area contributed by atoms with E-state index in [0.717, 1.165) is 18.9 Å². The minimum absolute atomic E-state index is 0.201. The second-order valence-electron chi connectivity index (χ2n) is 4.19. The minimum Gasteiger partial charge on any atom is -0.395 e. The van der Waals surface area contributed by atoms with Gasteiger partial charge >= 0.3 is 0 Å². The number of nitrogen functional groups attached to an aromatic ring is 1. The molecule has 0 saturated carbocycles. The highest BCUT2D eigenvalue weighted by atomic mass is 32.2. The van der Waals surface area contributed by atoms with Gasteiger partial charge in [-0.25, -0.2) is 17.5 Å². The Morgan fingerprint density at radius 3 is 2.50 bits per heavy atom. The van der Waals surface area contributed by atoms with Crippen LogP contribution < -0.4 is 10.5 Å². The highest BCUT2D eigenvalue weighted by Crippen LogP contribution is 2.21. The number of halogens is 1. The number of nitrogens with two attached hydrogens (primary N) is 1. The first-order chi connectivity index (χ1) is 8.42. The zero-order chi connectivity index (χ0) is 13.8. The van der Waals surface area contributed by atoms with Crippen LogP contribution in [0.1, 0.15) is 26.7 Å². The molecule has 0 fully saturated rings. The van der Waals surface area contributed by atoms with Crippen molar-refractivity contribution in [2.24, 2.45) is 5.92 Å². The first kappa shape index (κ1) is 14.9. The molecule has 1 aromatic rings. The number of nitrogens with one attached hydrogen (secondary N) is 1. The molecule has 1 aromatic carbocycles. The van der Waals surface area contributed by atoms with Crippen LogP contribution in [0.15, 0.2) is 23.1 Å². The van der Waals surface area contributed by atoms with Crippen molar-refractivity contribution in [3.63, 3.8) is 0 Å². The van der Waals surface area contributed by atoms with Crippen molar-refractivity contribution >= 4 is 15.7 Å². The Balaban J connectivity index is 2.90. The second-order valence-corrected chi connectivity index (χ2v) is 5.92. The van der Waals surface area contributed by atoms with Crippen molar-refractivity contribution in [3.8, 4) is 0 Å². The zero-order valence-electron chi connectivity index (χ0n) is 10.6. The topological polar surface area (TPSA) is 72.2 Å². The molecule has 0 atom stereocenters. The highest BCUT2D eigenvalue weighted by molar-refractivity contribution is 7.89. The normalized spacial score (nSPS) is 12.0. The first-order valence-corrected chi connectivity index (χ1v) is 7.44. The van der Waals surface area contributed by atoms with Crippen molar-refractivity contribution in [2.45, 2.75) is 31.6 Å². The smallest absolute Gasteiger partial charge is 0.242 e. The lowest BCUT2D eigenvalue weighted by Gasteiger charge is -2.14. The van der Waals surface area contributed by atoms with E-state index in [0.29, 0.717) is 6.54 Å². The van der Waals surface area contributed by atoms with Crippen LogP contribution in [0.25, 0.3) is 0 Å². The summed E-state index contributed by atoms with van der Waals surface area (Å²) in [5.41, 5.74) is 5.11. The number of para-hydroxylation sites is 1. The number of benzene rings is 1. The Morgan fingerprint density at radius 1 is 1.33 bits per heavy atom. The quantitative estimate of drug-likeness (QED) is 0.780. The largest absolute Gasteiger partial charge is 0.395 e. The molecule has 0 aromatic heterocycles. The molecule has 0 bridgehead atoms. The average molecular weight is 274 g/mol. The molecule has 0 heterocycles. The van der Waals surface area contributed by atoms with Gasteiger partial charge in [-0.05, 0) is 18.1 Å². The third-order valence-corrected chi connectivity index (χ3v) is 4.50. The van der Waals surface area contributed by atoms with Gasteiger partial charge in [0.15, 0.2) is 0 Å².